The number of carbonyl (C=O) groups excluding carboxylic acids is 1. The molecule has 0 atom stereocenters. The lowest BCUT2D eigenvalue weighted by Crippen LogP contribution is -2.02. The molecule has 0 radical (unpaired) electrons. The second kappa shape index (κ2) is 6.56. The molecule has 0 amide bonds. The summed E-state index contributed by atoms with van der Waals surface area (Å²) in [6.07, 6.45) is 3.84. The van der Waals surface area contributed by atoms with Gasteiger partial charge in [0.15, 0.2) is 17.3 Å². The number of nitrogens with zero attached hydrogens (tertiary/aromatic N) is 5. The minimum atomic E-state index is 0.212. The van der Waals surface area contributed by atoms with E-state index in [-0.39, 0.29) is 5.78 Å². The molecule has 2 aromatic carbocycles. The van der Waals surface area contributed by atoms with E-state index in [2.05, 4.69) is 33.4 Å². The molecule has 6 rings (SSSR count). The number of aromatic nitrogens is 5. The Morgan fingerprint density at radius 1 is 0.933 bits per heavy atom. The van der Waals surface area contributed by atoms with E-state index in [1.54, 1.807) is 10.7 Å². The molecular formula is C24H17N5O. The van der Waals surface area contributed by atoms with Crippen molar-refractivity contribution in [3.8, 4) is 11.3 Å². The molecule has 0 N–H and O–H groups in total. The van der Waals surface area contributed by atoms with Crippen LogP contribution < -0.4 is 0 Å². The van der Waals surface area contributed by atoms with E-state index in [1.807, 2.05) is 42.5 Å². The average Bonchev–Trinajstić information content (AvgIpc) is 3.36. The molecule has 0 unspecified atom stereocenters. The van der Waals surface area contributed by atoms with E-state index < -0.39 is 0 Å². The molecular weight excluding hydrogens is 374 g/mol. The zero-order valence-corrected chi connectivity index (χ0v) is 16.1. The maximum atomic E-state index is 12.1. The molecule has 5 aromatic rings. The van der Waals surface area contributed by atoms with Crippen LogP contribution in [0.3, 0.4) is 0 Å². The van der Waals surface area contributed by atoms with Gasteiger partial charge in [-0.1, -0.05) is 24.3 Å². The van der Waals surface area contributed by atoms with E-state index in [9.17, 15) is 4.79 Å². The van der Waals surface area contributed by atoms with Gasteiger partial charge in [0.25, 0.3) is 0 Å². The molecule has 1 aliphatic rings. The highest BCUT2D eigenvalue weighted by molar-refractivity contribution is 6.01. The number of fused-ring (bicyclic) bond motifs is 3. The Morgan fingerprint density at radius 2 is 1.90 bits per heavy atom. The summed E-state index contributed by atoms with van der Waals surface area (Å²) in [5.41, 5.74) is 6.48. The van der Waals surface area contributed by atoms with Gasteiger partial charge in [-0.05, 0) is 53.9 Å². The van der Waals surface area contributed by atoms with Crippen molar-refractivity contribution in [1.29, 1.82) is 0 Å². The van der Waals surface area contributed by atoms with Crippen LogP contribution in [0.15, 0.2) is 66.9 Å². The molecule has 30 heavy (non-hydrogen) atoms. The van der Waals surface area contributed by atoms with Gasteiger partial charge in [-0.25, -0.2) is 0 Å². The van der Waals surface area contributed by atoms with Crippen LogP contribution >= 0.6 is 0 Å². The van der Waals surface area contributed by atoms with Gasteiger partial charge < -0.3 is 0 Å². The van der Waals surface area contributed by atoms with Crippen molar-refractivity contribution in [2.24, 2.45) is 0 Å². The molecule has 0 bridgehead atoms. The average molecular weight is 391 g/mol. The van der Waals surface area contributed by atoms with Gasteiger partial charge in [0.05, 0.1) is 11.2 Å². The first-order chi connectivity index (χ1) is 14.7. The van der Waals surface area contributed by atoms with Crippen LogP contribution in [0.1, 0.15) is 33.7 Å². The van der Waals surface area contributed by atoms with Gasteiger partial charge in [0, 0.05) is 35.6 Å². The van der Waals surface area contributed by atoms with E-state index >= 15 is 0 Å². The SMILES string of the molecule is O=C1CCc2ccc(-c3ccc4nnc(Cc5ccc6ncccc6c5)n4n3)cc21. The summed E-state index contributed by atoms with van der Waals surface area (Å²) in [6.45, 7) is 0. The molecule has 144 valence electrons. The first-order valence-electron chi connectivity index (χ1n) is 9.96. The minimum Gasteiger partial charge on any atom is -0.294 e. The smallest absolute Gasteiger partial charge is 0.177 e. The predicted molar refractivity (Wildman–Crippen MR) is 113 cm³/mol. The van der Waals surface area contributed by atoms with Crippen LogP contribution in [0.4, 0.5) is 0 Å². The topological polar surface area (TPSA) is 73.0 Å². The van der Waals surface area contributed by atoms with Gasteiger partial charge in [0.2, 0.25) is 0 Å². The summed E-state index contributed by atoms with van der Waals surface area (Å²) in [7, 11) is 0. The molecule has 0 aliphatic heterocycles. The van der Waals surface area contributed by atoms with Crippen LogP contribution in [0.25, 0.3) is 27.8 Å². The number of benzene rings is 2. The monoisotopic (exact) mass is 391 g/mol. The van der Waals surface area contributed by atoms with Gasteiger partial charge >= 0.3 is 0 Å². The number of ketones is 1. The third-order valence-corrected chi connectivity index (χ3v) is 5.68. The second-order valence-electron chi connectivity index (χ2n) is 7.61. The molecule has 6 nitrogen and oxygen atoms in total. The standard InChI is InChI=1S/C24H17N5O/c30-22-9-6-16-4-5-18(14-19(16)22)21-8-10-23-26-27-24(29(23)28-21)13-15-3-7-20-17(12-15)2-1-11-25-20/h1-5,7-8,10-12,14H,6,9,13H2. The molecule has 1 aliphatic carbocycles. The van der Waals surface area contributed by atoms with Crippen molar-refractivity contribution in [2.75, 3.05) is 0 Å². The maximum Gasteiger partial charge on any atom is 0.177 e. The van der Waals surface area contributed by atoms with Crippen molar-refractivity contribution >= 4 is 22.3 Å². The Hall–Kier alpha value is -3.93. The number of rotatable bonds is 3. The number of pyridine rings is 1. The van der Waals surface area contributed by atoms with Crippen molar-refractivity contribution < 1.29 is 4.79 Å². The van der Waals surface area contributed by atoms with Crippen LogP contribution in [-0.4, -0.2) is 30.6 Å². The fourth-order valence-electron chi connectivity index (χ4n) is 4.11. The molecule has 3 heterocycles. The van der Waals surface area contributed by atoms with Crippen LogP contribution in [0.2, 0.25) is 0 Å². The normalized spacial score (nSPS) is 13.3. The van der Waals surface area contributed by atoms with Crippen LogP contribution in [-0.2, 0) is 12.8 Å². The Morgan fingerprint density at radius 3 is 2.87 bits per heavy atom. The molecule has 0 fully saturated rings. The second-order valence-corrected chi connectivity index (χ2v) is 7.61. The highest BCUT2D eigenvalue weighted by Crippen LogP contribution is 2.27. The zero-order chi connectivity index (χ0) is 20.1. The highest BCUT2D eigenvalue weighted by atomic mass is 16.1. The Bertz CT molecular complexity index is 1450. The molecule has 0 saturated carbocycles. The lowest BCUT2D eigenvalue weighted by Gasteiger charge is -2.06. The van der Waals surface area contributed by atoms with Crippen molar-refractivity contribution in [2.45, 2.75) is 19.3 Å². The number of hydrogen-bond donors (Lipinski definition) is 0. The van der Waals surface area contributed by atoms with E-state index in [0.717, 1.165) is 51.1 Å². The number of aryl methyl sites for hydroxylation is 1. The Balaban J connectivity index is 1.39. The van der Waals surface area contributed by atoms with Gasteiger partial charge in [-0.2, -0.15) is 9.61 Å². The molecule has 3 aromatic heterocycles. The number of hydrogen-bond acceptors (Lipinski definition) is 5. The molecule has 0 spiro atoms. The molecule has 6 heteroatoms. The lowest BCUT2D eigenvalue weighted by molar-refractivity contribution is 0.0994. The minimum absolute atomic E-state index is 0.212. The summed E-state index contributed by atoms with van der Waals surface area (Å²) in [6, 6.07) is 20.1. The first kappa shape index (κ1) is 17.0. The summed E-state index contributed by atoms with van der Waals surface area (Å²) in [5.74, 6) is 0.982. The van der Waals surface area contributed by atoms with E-state index in [1.165, 1.54) is 0 Å². The lowest BCUT2D eigenvalue weighted by atomic mass is 10.0. The summed E-state index contributed by atoms with van der Waals surface area (Å²) in [5, 5.41) is 14.5. The van der Waals surface area contributed by atoms with E-state index in [0.29, 0.717) is 18.5 Å². The summed E-state index contributed by atoms with van der Waals surface area (Å²) in [4.78, 5) is 16.5. The van der Waals surface area contributed by atoms with Gasteiger partial charge in [-0.15, -0.1) is 10.2 Å². The molecule has 0 saturated heterocycles. The van der Waals surface area contributed by atoms with Crippen LogP contribution in [0, 0.1) is 0 Å². The fraction of sp³-hybridized carbons (Fsp3) is 0.125. The van der Waals surface area contributed by atoms with Gasteiger partial charge in [-0.3, -0.25) is 9.78 Å². The Kier molecular flexibility index (Phi) is 3.71. The number of Topliss-reactive ketones (excluding diaryl/α,β-unsaturated/α-hetero) is 1. The largest absolute Gasteiger partial charge is 0.294 e. The quantitative estimate of drug-likeness (QED) is 0.464. The van der Waals surface area contributed by atoms with Crippen LogP contribution in [0.5, 0.6) is 0 Å². The summed E-state index contributed by atoms with van der Waals surface area (Å²) >= 11 is 0. The van der Waals surface area contributed by atoms with E-state index in [4.69, 9.17) is 5.10 Å². The van der Waals surface area contributed by atoms with Gasteiger partial charge in [0.1, 0.15) is 0 Å². The first-order valence-corrected chi connectivity index (χ1v) is 9.96. The predicted octanol–water partition coefficient (Wildman–Crippen LogP) is 4.06. The van der Waals surface area contributed by atoms with Crippen molar-refractivity contribution in [3.63, 3.8) is 0 Å². The third kappa shape index (κ3) is 2.76. The summed E-state index contributed by atoms with van der Waals surface area (Å²) < 4.78 is 1.79. The maximum absolute atomic E-state index is 12.1. The fourth-order valence-corrected chi connectivity index (χ4v) is 4.11. The third-order valence-electron chi connectivity index (χ3n) is 5.68. The number of carbonyl (C=O) groups is 1. The zero-order valence-electron chi connectivity index (χ0n) is 16.1. The highest BCUT2D eigenvalue weighted by Gasteiger charge is 2.20. The Labute approximate surface area is 172 Å². The van der Waals surface area contributed by atoms with Crippen molar-refractivity contribution in [1.82, 2.24) is 24.8 Å². The van der Waals surface area contributed by atoms with Crippen molar-refractivity contribution in [3.05, 3.63) is 89.4 Å².